The lowest BCUT2D eigenvalue weighted by atomic mass is 10.1. The van der Waals surface area contributed by atoms with Crippen molar-refractivity contribution in [3.05, 3.63) is 35.3 Å². The molecule has 82 valence electrons. The quantitative estimate of drug-likeness (QED) is 0.803. The van der Waals surface area contributed by atoms with Crippen LogP contribution in [0.4, 0.5) is 0 Å². The molecule has 2 N–H and O–H groups in total. The maximum Gasteiger partial charge on any atom is 0.355 e. The first kappa shape index (κ1) is 10.4. The Morgan fingerprint density at radius 3 is 2.69 bits per heavy atom. The average molecular weight is 217 g/mol. The van der Waals surface area contributed by atoms with Crippen molar-refractivity contribution >= 4 is 5.97 Å². The molecule has 0 saturated carbocycles. The first-order valence-corrected chi connectivity index (χ1v) is 4.81. The van der Waals surface area contributed by atoms with E-state index >= 15 is 0 Å². The van der Waals surface area contributed by atoms with Crippen LogP contribution in [0.3, 0.4) is 0 Å². The first-order chi connectivity index (χ1) is 7.58. The molecular weight excluding hydrogens is 206 g/mol. The summed E-state index contributed by atoms with van der Waals surface area (Å²) in [6, 6.07) is 5.28. The van der Waals surface area contributed by atoms with Crippen LogP contribution in [-0.2, 0) is 0 Å². The lowest BCUT2D eigenvalue weighted by molar-refractivity contribution is 0.0691. The van der Waals surface area contributed by atoms with Crippen molar-refractivity contribution < 1.29 is 9.90 Å². The van der Waals surface area contributed by atoms with Crippen molar-refractivity contribution in [1.29, 1.82) is 0 Å². The number of pyridine rings is 1. The highest BCUT2D eigenvalue weighted by atomic mass is 16.4. The number of carboxylic acid groups (broad SMARTS) is 1. The zero-order chi connectivity index (χ0) is 11.7. The minimum absolute atomic E-state index is 0.0338. The van der Waals surface area contributed by atoms with E-state index in [4.69, 9.17) is 5.11 Å². The molecule has 0 radical (unpaired) electrons. The predicted octanol–water partition coefficient (Wildman–Crippen LogP) is 1.79. The number of aryl methyl sites for hydroxylation is 2. The van der Waals surface area contributed by atoms with Crippen molar-refractivity contribution in [3.8, 4) is 11.3 Å². The topological polar surface area (TPSA) is 78.9 Å². The Labute approximate surface area is 92.2 Å². The molecule has 0 aliphatic heterocycles. The van der Waals surface area contributed by atoms with Crippen LogP contribution in [0.25, 0.3) is 11.3 Å². The minimum Gasteiger partial charge on any atom is -0.476 e. The zero-order valence-electron chi connectivity index (χ0n) is 8.98. The highest BCUT2D eigenvalue weighted by Crippen LogP contribution is 2.21. The molecule has 2 aromatic rings. The van der Waals surface area contributed by atoms with Crippen LogP contribution < -0.4 is 0 Å². The van der Waals surface area contributed by atoms with Gasteiger partial charge in [-0.3, -0.25) is 5.10 Å². The van der Waals surface area contributed by atoms with Crippen LogP contribution in [0, 0.1) is 13.8 Å². The molecule has 16 heavy (non-hydrogen) atoms. The van der Waals surface area contributed by atoms with Crippen LogP contribution in [0.2, 0.25) is 0 Å². The van der Waals surface area contributed by atoms with E-state index in [1.165, 1.54) is 0 Å². The Morgan fingerprint density at radius 1 is 1.38 bits per heavy atom. The second-order valence-corrected chi connectivity index (χ2v) is 3.59. The fourth-order valence-corrected chi connectivity index (χ4v) is 1.48. The summed E-state index contributed by atoms with van der Waals surface area (Å²) in [6.45, 7) is 3.62. The van der Waals surface area contributed by atoms with Crippen molar-refractivity contribution in [1.82, 2.24) is 15.2 Å². The van der Waals surface area contributed by atoms with Gasteiger partial charge in [-0.1, -0.05) is 0 Å². The molecule has 5 nitrogen and oxygen atoms in total. The van der Waals surface area contributed by atoms with Gasteiger partial charge in [-0.05, 0) is 32.0 Å². The Balaban J connectivity index is 2.60. The molecule has 0 amide bonds. The molecule has 0 aromatic carbocycles. The largest absolute Gasteiger partial charge is 0.476 e. The van der Waals surface area contributed by atoms with E-state index in [0.717, 1.165) is 5.69 Å². The van der Waals surface area contributed by atoms with E-state index in [1.54, 1.807) is 25.1 Å². The maximum absolute atomic E-state index is 11.1. The Bertz CT molecular complexity index is 546. The van der Waals surface area contributed by atoms with E-state index in [0.29, 0.717) is 17.0 Å². The van der Waals surface area contributed by atoms with Gasteiger partial charge in [0.1, 0.15) is 0 Å². The Morgan fingerprint density at radius 2 is 2.12 bits per heavy atom. The van der Waals surface area contributed by atoms with Crippen LogP contribution in [0.15, 0.2) is 18.2 Å². The molecule has 0 aliphatic rings. The fourth-order valence-electron chi connectivity index (χ4n) is 1.48. The average Bonchev–Trinajstić information content (AvgIpc) is 2.64. The van der Waals surface area contributed by atoms with Gasteiger partial charge in [0.25, 0.3) is 0 Å². The maximum atomic E-state index is 11.1. The number of nitrogens with one attached hydrogen (secondary N) is 1. The molecule has 0 atom stereocenters. The van der Waals surface area contributed by atoms with Gasteiger partial charge in [0.15, 0.2) is 5.69 Å². The summed E-state index contributed by atoms with van der Waals surface area (Å²) in [5, 5.41) is 15.9. The third kappa shape index (κ3) is 1.79. The number of aromatic nitrogens is 3. The van der Waals surface area contributed by atoms with Crippen LogP contribution in [-0.4, -0.2) is 26.3 Å². The van der Waals surface area contributed by atoms with Gasteiger partial charge in [-0.25, -0.2) is 9.78 Å². The van der Waals surface area contributed by atoms with E-state index in [1.807, 2.05) is 6.92 Å². The Kier molecular flexibility index (Phi) is 2.44. The highest BCUT2D eigenvalue weighted by molar-refractivity contribution is 5.93. The predicted molar refractivity (Wildman–Crippen MR) is 58.3 cm³/mol. The third-order valence-corrected chi connectivity index (χ3v) is 2.22. The minimum atomic E-state index is -1.04. The number of rotatable bonds is 2. The van der Waals surface area contributed by atoms with Gasteiger partial charge >= 0.3 is 5.97 Å². The SMILES string of the molecule is Cc1ccc(-c2cc(C)[nH]n2)c(C(=O)O)n1. The van der Waals surface area contributed by atoms with Gasteiger partial charge in [-0.15, -0.1) is 0 Å². The van der Waals surface area contributed by atoms with E-state index in [9.17, 15) is 4.79 Å². The second kappa shape index (κ2) is 3.77. The number of H-pyrrole nitrogens is 1. The normalized spacial score (nSPS) is 10.4. The lowest BCUT2D eigenvalue weighted by Crippen LogP contribution is -2.04. The monoisotopic (exact) mass is 217 g/mol. The van der Waals surface area contributed by atoms with Gasteiger partial charge < -0.3 is 5.11 Å². The van der Waals surface area contributed by atoms with E-state index < -0.39 is 5.97 Å². The Hall–Kier alpha value is -2.17. The number of carboxylic acids is 1. The van der Waals surface area contributed by atoms with Gasteiger partial charge in [-0.2, -0.15) is 5.10 Å². The van der Waals surface area contributed by atoms with Crippen LogP contribution >= 0.6 is 0 Å². The van der Waals surface area contributed by atoms with E-state index in [2.05, 4.69) is 15.2 Å². The summed E-state index contributed by atoms with van der Waals surface area (Å²) in [5.74, 6) is -1.04. The summed E-state index contributed by atoms with van der Waals surface area (Å²) in [6.07, 6.45) is 0. The number of nitrogens with zero attached hydrogens (tertiary/aromatic N) is 2. The van der Waals surface area contributed by atoms with Crippen molar-refractivity contribution in [3.63, 3.8) is 0 Å². The summed E-state index contributed by atoms with van der Waals surface area (Å²) < 4.78 is 0. The summed E-state index contributed by atoms with van der Waals surface area (Å²) in [4.78, 5) is 15.1. The smallest absolute Gasteiger partial charge is 0.355 e. The molecule has 2 heterocycles. The first-order valence-electron chi connectivity index (χ1n) is 4.81. The van der Waals surface area contributed by atoms with Crippen molar-refractivity contribution in [2.24, 2.45) is 0 Å². The molecule has 0 aliphatic carbocycles. The number of carbonyl (C=O) groups is 1. The molecule has 0 bridgehead atoms. The number of aromatic carboxylic acids is 1. The highest BCUT2D eigenvalue weighted by Gasteiger charge is 2.15. The van der Waals surface area contributed by atoms with Crippen LogP contribution in [0.1, 0.15) is 21.9 Å². The second-order valence-electron chi connectivity index (χ2n) is 3.59. The van der Waals surface area contributed by atoms with Crippen LogP contribution in [0.5, 0.6) is 0 Å². The molecule has 0 unspecified atom stereocenters. The van der Waals surface area contributed by atoms with Crippen molar-refractivity contribution in [2.45, 2.75) is 13.8 Å². The summed E-state index contributed by atoms with van der Waals surface area (Å²) in [7, 11) is 0. The molecule has 0 fully saturated rings. The lowest BCUT2D eigenvalue weighted by Gasteiger charge is -2.02. The molecule has 5 heteroatoms. The van der Waals surface area contributed by atoms with Crippen molar-refractivity contribution in [2.75, 3.05) is 0 Å². The number of aromatic amines is 1. The third-order valence-electron chi connectivity index (χ3n) is 2.22. The van der Waals surface area contributed by atoms with Gasteiger partial charge in [0.2, 0.25) is 0 Å². The summed E-state index contributed by atoms with van der Waals surface area (Å²) in [5.41, 5.74) is 2.72. The standard InChI is InChI=1S/C11H11N3O2/c1-6-3-4-8(10(12-6)11(15)16)9-5-7(2)13-14-9/h3-5H,1-2H3,(H,13,14)(H,15,16). The molecule has 0 spiro atoms. The molecule has 2 aromatic heterocycles. The van der Waals surface area contributed by atoms with Gasteiger partial charge in [0.05, 0.1) is 5.69 Å². The van der Waals surface area contributed by atoms with Gasteiger partial charge in [0, 0.05) is 17.0 Å². The molecular formula is C11H11N3O2. The molecule has 2 rings (SSSR count). The summed E-state index contributed by atoms with van der Waals surface area (Å²) >= 11 is 0. The number of hydrogen-bond donors (Lipinski definition) is 2. The zero-order valence-corrected chi connectivity index (χ0v) is 8.98. The molecule has 0 saturated heterocycles. The fraction of sp³-hybridized carbons (Fsp3) is 0.182. The van der Waals surface area contributed by atoms with E-state index in [-0.39, 0.29) is 5.69 Å². The number of hydrogen-bond acceptors (Lipinski definition) is 3.